The van der Waals surface area contributed by atoms with Crippen LogP contribution in [-0.2, 0) is 6.54 Å². The van der Waals surface area contributed by atoms with Crippen molar-refractivity contribution in [2.24, 2.45) is 5.73 Å². The fourth-order valence-electron chi connectivity index (χ4n) is 2.08. The Morgan fingerprint density at radius 3 is 2.50 bits per heavy atom. The Balaban J connectivity index is 2.14. The zero-order chi connectivity index (χ0) is 14.9. The second kappa shape index (κ2) is 5.65. The van der Waals surface area contributed by atoms with Crippen LogP contribution in [0.4, 0.5) is 17.6 Å². The van der Waals surface area contributed by atoms with Crippen LogP contribution in [0.5, 0.6) is 0 Å². The van der Waals surface area contributed by atoms with E-state index in [1.54, 1.807) is 0 Å². The van der Waals surface area contributed by atoms with Crippen molar-refractivity contribution in [3.05, 3.63) is 35.1 Å². The zero-order valence-electron chi connectivity index (χ0n) is 10.6. The number of nitrogens with zero attached hydrogens (tertiary/aromatic N) is 1. The van der Waals surface area contributed by atoms with Crippen LogP contribution in [0.2, 0.25) is 0 Å². The van der Waals surface area contributed by atoms with Crippen molar-refractivity contribution in [3.8, 4) is 0 Å². The summed E-state index contributed by atoms with van der Waals surface area (Å²) in [6, 6.07) is 4.02. The van der Waals surface area contributed by atoms with Gasteiger partial charge in [0.05, 0.1) is 6.54 Å². The van der Waals surface area contributed by atoms with Gasteiger partial charge in [0.1, 0.15) is 10.8 Å². The highest BCUT2D eigenvalue weighted by molar-refractivity contribution is 7.80. The monoisotopic (exact) mass is 306 g/mol. The third-order valence-electron chi connectivity index (χ3n) is 3.13. The number of benzene rings is 1. The van der Waals surface area contributed by atoms with Crippen LogP contribution in [0, 0.1) is 5.82 Å². The molecule has 0 atom stereocenters. The van der Waals surface area contributed by atoms with Gasteiger partial charge in [0.2, 0.25) is 0 Å². The van der Waals surface area contributed by atoms with E-state index in [0.29, 0.717) is 5.56 Å². The van der Waals surface area contributed by atoms with E-state index in [9.17, 15) is 17.6 Å². The Morgan fingerprint density at radius 1 is 1.35 bits per heavy atom. The van der Waals surface area contributed by atoms with E-state index >= 15 is 0 Å². The molecule has 0 unspecified atom stereocenters. The lowest BCUT2D eigenvalue weighted by Crippen LogP contribution is -2.35. The van der Waals surface area contributed by atoms with E-state index < -0.39 is 18.5 Å². The van der Waals surface area contributed by atoms with Crippen molar-refractivity contribution in [3.63, 3.8) is 0 Å². The fourth-order valence-corrected chi connectivity index (χ4v) is 2.23. The number of rotatable bonds is 5. The molecule has 0 aromatic heterocycles. The van der Waals surface area contributed by atoms with Crippen LogP contribution in [0.15, 0.2) is 18.2 Å². The topological polar surface area (TPSA) is 29.3 Å². The number of nitrogens with two attached hydrogens (primary N) is 1. The van der Waals surface area contributed by atoms with Gasteiger partial charge in [-0.2, -0.15) is 13.2 Å². The molecule has 0 aliphatic heterocycles. The summed E-state index contributed by atoms with van der Waals surface area (Å²) in [4.78, 5) is 1.26. The Morgan fingerprint density at radius 2 is 2.00 bits per heavy atom. The smallest absolute Gasteiger partial charge is 0.389 e. The highest BCUT2D eigenvalue weighted by Crippen LogP contribution is 2.31. The SMILES string of the molecule is NC(=S)c1cc(CN(CC(F)(F)F)C2CC2)ccc1F. The van der Waals surface area contributed by atoms with E-state index in [1.807, 2.05) is 0 Å². The molecule has 1 fully saturated rings. The molecule has 0 radical (unpaired) electrons. The largest absolute Gasteiger partial charge is 0.401 e. The number of hydrogen-bond acceptors (Lipinski definition) is 2. The van der Waals surface area contributed by atoms with Crippen molar-refractivity contribution < 1.29 is 17.6 Å². The summed E-state index contributed by atoms with van der Waals surface area (Å²) in [6.45, 7) is -0.850. The van der Waals surface area contributed by atoms with Crippen molar-refractivity contribution in [2.45, 2.75) is 31.6 Å². The highest BCUT2D eigenvalue weighted by atomic mass is 32.1. The first-order valence-electron chi connectivity index (χ1n) is 6.15. The van der Waals surface area contributed by atoms with E-state index in [-0.39, 0.29) is 23.1 Å². The molecule has 2 nitrogen and oxygen atoms in total. The highest BCUT2D eigenvalue weighted by Gasteiger charge is 2.37. The first kappa shape index (κ1) is 15.2. The van der Waals surface area contributed by atoms with E-state index in [1.165, 1.54) is 23.1 Å². The van der Waals surface area contributed by atoms with Gasteiger partial charge in [-0.1, -0.05) is 18.3 Å². The summed E-state index contributed by atoms with van der Waals surface area (Å²) in [7, 11) is 0. The molecule has 0 spiro atoms. The lowest BCUT2D eigenvalue weighted by atomic mass is 10.1. The quantitative estimate of drug-likeness (QED) is 0.670. The molecule has 1 aromatic carbocycles. The average molecular weight is 306 g/mol. The molecule has 1 saturated carbocycles. The molecule has 1 aromatic rings. The molecule has 0 saturated heterocycles. The molecule has 0 heterocycles. The third kappa shape index (κ3) is 4.14. The zero-order valence-corrected chi connectivity index (χ0v) is 11.4. The normalized spacial score (nSPS) is 15.7. The molecule has 1 aliphatic rings. The van der Waals surface area contributed by atoms with Gasteiger partial charge in [-0.3, -0.25) is 4.90 Å². The minimum atomic E-state index is -4.24. The van der Waals surface area contributed by atoms with Gasteiger partial charge in [-0.15, -0.1) is 0 Å². The molecule has 2 rings (SSSR count). The Labute approximate surface area is 119 Å². The summed E-state index contributed by atoms with van der Waals surface area (Å²) >= 11 is 4.72. The van der Waals surface area contributed by atoms with Gasteiger partial charge < -0.3 is 5.73 Å². The third-order valence-corrected chi connectivity index (χ3v) is 3.35. The van der Waals surface area contributed by atoms with E-state index in [0.717, 1.165) is 12.8 Å². The molecule has 110 valence electrons. The predicted molar refractivity (Wildman–Crippen MR) is 71.8 cm³/mol. The average Bonchev–Trinajstić information content (AvgIpc) is 3.12. The maximum absolute atomic E-state index is 13.4. The fraction of sp³-hybridized carbons (Fsp3) is 0.462. The molecule has 20 heavy (non-hydrogen) atoms. The first-order valence-corrected chi connectivity index (χ1v) is 6.56. The Hall–Kier alpha value is -1.21. The molecular formula is C13H14F4N2S. The number of thiocarbonyl (C=S) groups is 1. The van der Waals surface area contributed by atoms with Gasteiger partial charge in [0, 0.05) is 18.2 Å². The Bertz CT molecular complexity index is 512. The lowest BCUT2D eigenvalue weighted by molar-refractivity contribution is -0.148. The van der Waals surface area contributed by atoms with Crippen molar-refractivity contribution >= 4 is 17.2 Å². The summed E-state index contributed by atoms with van der Waals surface area (Å²) < 4.78 is 51.0. The van der Waals surface area contributed by atoms with Crippen LogP contribution in [-0.4, -0.2) is 28.7 Å². The lowest BCUT2D eigenvalue weighted by Gasteiger charge is -2.23. The van der Waals surface area contributed by atoms with Gasteiger partial charge in [-0.05, 0) is 30.5 Å². The maximum atomic E-state index is 13.4. The maximum Gasteiger partial charge on any atom is 0.401 e. The Kier molecular flexibility index (Phi) is 4.29. The number of hydrogen-bond donors (Lipinski definition) is 1. The van der Waals surface area contributed by atoms with Crippen LogP contribution >= 0.6 is 12.2 Å². The van der Waals surface area contributed by atoms with Crippen molar-refractivity contribution in [1.29, 1.82) is 0 Å². The second-order valence-corrected chi connectivity index (χ2v) is 5.37. The van der Waals surface area contributed by atoms with Crippen LogP contribution in [0.1, 0.15) is 24.0 Å². The van der Waals surface area contributed by atoms with Gasteiger partial charge >= 0.3 is 6.18 Å². The molecule has 2 N–H and O–H groups in total. The minimum Gasteiger partial charge on any atom is -0.389 e. The van der Waals surface area contributed by atoms with Crippen molar-refractivity contribution in [2.75, 3.05) is 6.54 Å². The summed E-state index contributed by atoms with van der Waals surface area (Å²) in [5, 5.41) is 0. The number of alkyl halides is 3. The molecule has 0 bridgehead atoms. The van der Waals surface area contributed by atoms with Gasteiger partial charge in [-0.25, -0.2) is 4.39 Å². The summed E-state index contributed by atoms with van der Waals surface area (Å²) in [5.41, 5.74) is 6.03. The number of halogens is 4. The van der Waals surface area contributed by atoms with Crippen LogP contribution in [0.25, 0.3) is 0 Å². The summed E-state index contributed by atoms with van der Waals surface area (Å²) in [5.74, 6) is -0.560. The molecule has 1 aliphatic carbocycles. The summed E-state index contributed by atoms with van der Waals surface area (Å²) in [6.07, 6.45) is -2.71. The first-order chi connectivity index (χ1) is 9.26. The van der Waals surface area contributed by atoms with E-state index in [2.05, 4.69) is 0 Å². The predicted octanol–water partition coefficient (Wildman–Crippen LogP) is 2.99. The standard InChI is InChI=1S/C13H14F4N2S/c14-11-4-1-8(5-10(11)12(18)20)6-19(9-2-3-9)7-13(15,16)17/h1,4-5,9H,2-3,6-7H2,(H2,18,20). The van der Waals surface area contributed by atoms with Gasteiger partial charge in [0.25, 0.3) is 0 Å². The second-order valence-electron chi connectivity index (χ2n) is 4.93. The van der Waals surface area contributed by atoms with E-state index in [4.69, 9.17) is 18.0 Å². The minimum absolute atomic E-state index is 0.0463. The van der Waals surface area contributed by atoms with Gasteiger partial charge in [0.15, 0.2) is 0 Å². The van der Waals surface area contributed by atoms with Crippen molar-refractivity contribution in [1.82, 2.24) is 4.90 Å². The molecule has 7 heteroatoms. The molecular weight excluding hydrogens is 292 g/mol. The van der Waals surface area contributed by atoms with Crippen LogP contribution in [0.3, 0.4) is 0 Å². The molecule has 0 amide bonds. The van der Waals surface area contributed by atoms with Crippen LogP contribution < -0.4 is 5.73 Å².